The van der Waals surface area contributed by atoms with Gasteiger partial charge in [0.2, 0.25) is 0 Å². The van der Waals surface area contributed by atoms with E-state index in [1.165, 1.54) is 12.8 Å². The summed E-state index contributed by atoms with van der Waals surface area (Å²) >= 11 is 0. The lowest BCUT2D eigenvalue weighted by atomic mass is 10.0. The van der Waals surface area contributed by atoms with Gasteiger partial charge in [-0.2, -0.15) is 5.48 Å². The maximum Gasteiger partial charge on any atom is 0.0736 e. The number of nitrogens with one attached hydrogen (secondary N) is 1. The summed E-state index contributed by atoms with van der Waals surface area (Å²) in [6.45, 7) is 12.0. The molecule has 0 spiro atoms. The van der Waals surface area contributed by atoms with Gasteiger partial charge in [-0.15, -0.1) is 0 Å². The zero-order valence-electron chi connectivity index (χ0n) is 10.4. The number of nitrogens with zero attached hydrogens (tertiary/aromatic N) is 1. The molecule has 3 nitrogen and oxygen atoms in total. The van der Waals surface area contributed by atoms with Crippen molar-refractivity contribution in [2.75, 3.05) is 13.7 Å². The molecule has 1 fully saturated rings. The molecule has 1 saturated heterocycles. The number of rotatable bonds is 5. The third-order valence-corrected chi connectivity index (χ3v) is 3.19. The molecule has 1 N–H and O–H groups in total. The zero-order chi connectivity index (χ0) is 11.4. The fraction of sp³-hybridized carbons (Fsp3) is 0.833. The maximum atomic E-state index is 5.04. The van der Waals surface area contributed by atoms with E-state index in [9.17, 15) is 0 Å². The predicted molar refractivity (Wildman–Crippen MR) is 63.3 cm³/mol. The first-order valence-corrected chi connectivity index (χ1v) is 5.81. The van der Waals surface area contributed by atoms with Crippen LogP contribution in [0, 0.1) is 5.92 Å². The Morgan fingerprint density at radius 1 is 1.53 bits per heavy atom. The quantitative estimate of drug-likeness (QED) is 0.707. The highest BCUT2D eigenvalue weighted by Gasteiger charge is 2.27. The van der Waals surface area contributed by atoms with E-state index in [1.54, 1.807) is 7.11 Å². The van der Waals surface area contributed by atoms with Crippen molar-refractivity contribution in [1.29, 1.82) is 0 Å². The summed E-state index contributed by atoms with van der Waals surface area (Å²) in [5, 5.41) is 0. The molecule has 0 amide bonds. The van der Waals surface area contributed by atoms with Crippen LogP contribution in [0.1, 0.15) is 33.6 Å². The normalized spacial score (nSPS) is 23.5. The molecular weight excluding hydrogens is 188 g/mol. The van der Waals surface area contributed by atoms with Crippen molar-refractivity contribution in [1.82, 2.24) is 10.4 Å². The maximum absolute atomic E-state index is 5.04. The van der Waals surface area contributed by atoms with E-state index in [4.69, 9.17) is 4.84 Å². The molecule has 0 aliphatic carbocycles. The van der Waals surface area contributed by atoms with Crippen LogP contribution < -0.4 is 5.48 Å². The van der Waals surface area contributed by atoms with E-state index >= 15 is 0 Å². The Labute approximate surface area is 93.4 Å². The minimum atomic E-state index is 0.218. The molecule has 1 rings (SSSR count). The number of hydroxylamine groups is 1. The molecular formula is C12H24N2O. The van der Waals surface area contributed by atoms with Crippen LogP contribution in [-0.4, -0.2) is 30.6 Å². The Hall–Kier alpha value is -0.540. The van der Waals surface area contributed by atoms with Gasteiger partial charge >= 0.3 is 0 Å². The molecule has 0 radical (unpaired) electrons. The van der Waals surface area contributed by atoms with Gasteiger partial charge < -0.3 is 9.74 Å². The molecule has 1 heterocycles. The van der Waals surface area contributed by atoms with E-state index in [-0.39, 0.29) is 6.04 Å². The first-order valence-electron chi connectivity index (χ1n) is 5.81. The summed E-state index contributed by atoms with van der Waals surface area (Å²) in [6, 6.07) is 0.841. The standard InChI is InChI=1S/C12H24N2O/c1-9(2)12(13-15-5)11(4)14-8-6-7-10(14)3/h9-10,12-13H,4,6-8H2,1-3,5H3. The van der Waals surface area contributed by atoms with E-state index in [2.05, 4.69) is 37.7 Å². The van der Waals surface area contributed by atoms with Crippen molar-refractivity contribution in [2.24, 2.45) is 5.92 Å². The largest absolute Gasteiger partial charge is 0.371 e. The summed E-state index contributed by atoms with van der Waals surface area (Å²) in [4.78, 5) is 7.44. The van der Waals surface area contributed by atoms with Gasteiger partial charge in [-0.25, -0.2) is 0 Å². The van der Waals surface area contributed by atoms with Gasteiger partial charge in [0.1, 0.15) is 0 Å². The van der Waals surface area contributed by atoms with Gasteiger partial charge in [0, 0.05) is 18.3 Å². The van der Waals surface area contributed by atoms with Crippen molar-refractivity contribution in [3.8, 4) is 0 Å². The van der Waals surface area contributed by atoms with Crippen LogP contribution in [-0.2, 0) is 4.84 Å². The second-order valence-corrected chi connectivity index (χ2v) is 4.72. The minimum absolute atomic E-state index is 0.218. The summed E-state index contributed by atoms with van der Waals surface area (Å²) in [7, 11) is 1.66. The molecule has 15 heavy (non-hydrogen) atoms. The monoisotopic (exact) mass is 212 g/mol. The van der Waals surface area contributed by atoms with Gasteiger partial charge in [-0.3, -0.25) is 0 Å². The number of likely N-dealkylation sites (tertiary alicyclic amines) is 1. The van der Waals surface area contributed by atoms with Crippen LogP contribution >= 0.6 is 0 Å². The average molecular weight is 212 g/mol. The summed E-state index contributed by atoms with van der Waals surface area (Å²) in [6.07, 6.45) is 2.55. The van der Waals surface area contributed by atoms with Crippen LogP contribution in [0.15, 0.2) is 12.3 Å². The Kier molecular flexibility index (Phi) is 4.61. The highest BCUT2D eigenvalue weighted by Crippen LogP contribution is 2.24. The second kappa shape index (κ2) is 5.52. The fourth-order valence-electron chi connectivity index (χ4n) is 2.25. The van der Waals surface area contributed by atoms with Gasteiger partial charge in [-0.1, -0.05) is 20.4 Å². The Morgan fingerprint density at radius 2 is 2.20 bits per heavy atom. The van der Waals surface area contributed by atoms with Gasteiger partial charge in [0.25, 0.3) is 0 Å². The highest BCUT2D eigenvalue weighted by atomic mass is 16.6. The smallest absolute Gasteiger partial charge is 0.0736 e. The fourth-order valence-corrected chi connectivity index (χ4v) is 2.25. The molecule has 0 bridgehead atoms. The van der Waals surface area contributed by atoms with Crippen LogP contribution in [0.25, 0.3) is 0 Å². The van der Waals surface area contributed by atoms with E-state index < -0.39 is 0 Å². The SMILES string of the molecule is C=C(C(NOC)C(C)C)N1CCCC1C. The van der Waals surface area contributed by atoms with Crippen molar-refractivity contribution in [3.05, 3.63) is 12.3 Å². The first-order chi connectivity index (χ1) is 7.07. The van der Waals surface area contributed by atoms with E-state index in [0.29, 0.717) is 12.0 Å². The molecule has 1 aliphatic rings. The Morgan fingerprint density at radius 3 is 2.60 bits per heavy atom. The minimum Gasteiger partial charge on any atom is -0.371 e. The lowest BCUT2D eigenvalue weighted by molar-refractivity contribution is 0.0478. The Balaban J connectivity index is 2.62. The summed E-state index contributed by atoms with van der Waals surface area (Å²) in [5.41, 5.74) is 4.20. The van der Waals surface area contributed by atoms with Crippen molar-refractivity contribution >= 4 is 0 Å². The lowest BCUT2D eigenvalue weighted by Crippen LogP contribution is -2.42. The van der Waals surface area contributed by atoms with E-state index in [1.807, 2.05) is 0 Å². The predicted octanol–water partition coefficient (Wildman–Crippen LogP) is 2.16. The molecule has 3 heteroatoms. The number of hydrogen-bond acceptors (Lipinski definition) is 3. The molecule has 88 valence electrons. The molecule has 0 aromatic rings. The van der Waals surface area contributed by atoms with Crippen LogP contribution in [0.4, 0.5) is 0 Å². The zero-order valence-corrected chi connectivity index (χ0v) is 10.4. The Bertz CT molecular complexity index is 216. The van der Waals surface area contributed by atoms with Crippen molar-refractivity contribution in [2.45, 2.75) is 45.7 Å². The third-order valence-electron chi connectivity index (χ3n) is 3.19. The summed E-state index contributed by atoms with van der Waals surface area (Å²) in [5.74, 6) is 0.491. The van der Waals surface area contributed by atoms with Crippen molar-refractivity contribution in [3.63, 3.8) is 0 Å². The van der Waals surface area contributed by atoms with Gasteiger partial charge in [0.05, 0.1) is 13.2 Å². The summed E-state index contributed by atoms with van der Waals surface area (Å²) < 4.78 is 0. The third kappa shape index (κ3) is 2.95. The number of hydrogen-bond donors (Lipinski definition) is 1. The second-order valence-electron chi connectivity index (χ2n) is 4.72. The topological polar surface area (TPSA) is 24.5 Å². The first kappa shape index (κ1) is 12.5. The van der Waals surface area contributed by atoms with E-state index in [0.717, 1.165) is 12.2 Å². The van der Waals surface area contributed by atoms with Gasteiger partial charge in [0.15, 0.2) is 0 Å². The molecule has 0 aromatic heterocycles. The average Bonchev–Trinajstić information content (AvgIpc) is 2.59. The van der Waals surface area contributed by atoms with Crippen LogP contribution in [0.3, 0.4) is 0 Å². The van der Waals surface area contributed by atoms with Crippen LogP contribution in [0.2, 0.25) is 0 Å². The highest BCUT2D eigenvalue weighted by molar-refractivity contribution is 5.08. The molecule has 1 aliphatic heterocycles. The lowest BCUT2D eigenvalue weighted by Gasteiger charge is -2.33. The van der Waals surface area contributed by atoms with Crippen molar-refractivity contribution < 1.29 is 4.84 Å². The molecule has 2 atom stereocenters. The van der Waals surface area contributed by atoms with Gasteiger partial charge in [-0.05, 0) is 25.7 Å². The van der Waals surface area contributed by atoms with Crippen LogP contribution in [0.5, 0.6) is 0 Å². The molecule has 0 aromatic carbocycles. The molecule has 2 unspecified atom stereocenters. The molecule has 0 saturated carbocycles.